The quantitative estimate of drug-likeness (QED) is 0.656. The Morgan fingerprint density at radius 1 is 1.12 bits per heavy atom. The van der Waals surface area contributed by atoms with E-state index in [1.54, 1.807) is 0 Å². The SMILES string of the molecule is CCCC(CC)NCCCc1ccccc1. The van der Waals surface area contributed by atoms with Crippen molar-refractivity contribution in [1.82, 2.24) is 5.32 Å². The first-order chi connectivity index (χ1) is 7.86. The average molecular weight is 219 g/mol. The third-order valence-electron chi connectivity index (χ3n) is 3.05. The topological polar surface area (TPSA) is 12.0 Å². The van der Waals surface area contributed by atoms with E-state index in [0.29, 0.717) is 0 Å². The second-order valence-electron chi connectivity index (χ2n) is 4.44. The van der Waals surface area contributed by atoms with E-state index in [2.05, 4.69) is 49.5 Å². The Balaban J connectivity index is 2.11. The summed E-state index contributed by atoms with van der Waals surface area (Å²) < 4.78 is 0. The minimum Gasteiger partial charge on any atom is -0.314 e. The summed E-state index contributed by atoms with van der Waals surface area (Å²) in [6.07, 6.45) is 6.27. The molecule has 0 fully saturated rings. The van der Waals surface area contributed by atoms with Crippen LogP contribution < -0.4 is 5.32 Å². The Morgan fingerprint density at radius 2 is 1.88 bits per heavy atom. The van der Waals surface area contributed by atoms with Gasteiger partial charge in [0.2, 0.25) is 0 Å². The molecule has 0 spiro atoms. The maximum Gasteiger partial charge on any atom is 0.00643 e. The van der Waals surface area contributed by atoms with Crippen LogP contribution in [0.25, 0.3) is 0 Å². The summed E-state index contributed by atoms with van der Waals surface area (Å²) in [7, 11) is 0. The lowest BCUT2D eigenvalue weighted by atomic mass is 10.1. The number of benzene rings is 1. The smallest absolute Gasteiger partial charge is 0.00643 e. The Hall–Kier alpha value is -0.820. The largest absolute Gasteiger partial charge is 0.314 e. The molecule has 0 radical (unpaired) electrons. The van der Waals surface area contributed by atoms with E-state index >= 15 is 0 Å². The molecule has 1 heteroatoms. The maximum atomic E-state index is 3.64. The van der Waals surface area contributed by atoms with Crippen LogP contribution in [0.15, 0.2) is 30.3 Å². The number of rotatable bonds is 8. The molecule has 0 heterocycles. The van der Waals surface area contributed by atoms with Crippen LogP contribution >= 0.6 is 0 Å². The summed E-state index contributed by atoms with van der Waals surface area (Å²) in [6, 6.07) is 11.5. The molecule has 1 aromatic carbocycles. The van der Waals surface area contributed by atoms with Crippen molar-refractivity contribution in [3.63, 3.8) is 0 Å². The van der Waals surface area contributed by atoms with Gasteiger partial charge < -0.3 is 5.32 Å². The summed E-state index contributed by atoms with van der Waals surface area (Å²) in [5.74, 6) is 0. The minimum atomic E-state index is 0.723. The van der Waals surface area contributed by atoms with Gasteiger partial charge >= 0.3 is 0 Å². The fourth-order valence-electron chi connectivity index (χ4n) is 2.04. The molecular weight excluding hydrogens is 194 g/mol. The monoisotopic (exact) mass is 219 g/mol. The van der Waals surface area contributed by atoms with Gasteiger partial charge in [0.1, 0.15) is 0 Å². The van der Waals surface area contributed by atoms with Crippen LogP contribution in [0.2, 0.25) is 0 Å². The molecule has 90 valence electrons. The van der Waals surface area contributed by atoms with Crippen LogP contribution in [0.4, 0.5) is 0 Å². The van der Waals surface area contributed by atoms with Crippen LogP contribution in [0.1, 0.15) is 45.1 Å². The number of hydrogen-bond donors (Lipinski definition) is 1. The van der Waals surface area contributed by atoms with Gasteiger partial charge in [0.25, 0.3) is 0 Å². The van der Waals surface area contributed by atoms with E-state index in [9.17, 15) is 0 Å². The molecule has 1 N–H and O–H groups in total. The van der Waals surface area contributed by atoms with Crippen molar-refractivity contribution in [2.75, 3.05) is 6.54 Å². The van der Waals surface area contributed by atoms with Crippen LogP contribution in [-0.4, -0.2) is 12.6 Å². The second-order valence-corrected chi connectivity index (χ2v) is 4.44. The molecule has 1 nitrogen and oxygen atoms in total. The number of aryl methyl sites for hydroxylation is 1. The average Bonchev–Trinajstić information content (AvgIpc) is 2.34. The van der Waals surface area contributed by atoms with E-state index in [1.807, 2.05) is 0 Å². The van der Waals surface area contributed by atoms with Crippen molar-refractivity contribution in [2.45, 2.75) is 52.0 Å². The lowest BCUT2D eigenvalue weighted by Crippen LogP contribution is -2.29. The van der Waals surface area contributed by atoms with Crippen LogP contribution in [0.3, 0.4) is 0 Å². The predicted molar refractivity (Wildman–Crippen MR) is 71.8 cm³/mol. The van der Waals surface area contributed by atoms with Crippen molar-refractivity contribution < 1.29 is 0 Å². The van der Waals surface area contributed by atoms with Gasteiger partial charge in [-0.05, 0) is 37.8 Å². The van der Waals surface area contributed by atoms with Crippen molar-refractivity contribution in [1.29, 1.82) is 0 Å². The molecule has 0 amide bonds. The molecule has 0 aliphatic heterocycles. The standard InChI is InChI=1S/C15H25N/c1-3-9-15(4-2)16-13-8-12-14-10-6-5-7-11-14/h5-7,10-11,15-16H,3-4,8-9,12-13H2,1-2H3. The van der Waals surface area contributed by atoms with Gasteiger partial charge in [-0.2, -0.15) is 0 Å². The van der Waals surface area contributed by atoms with Crippen LogP contribution in [0.5, 0.6) is 0 Å². The molecule has 1 atom stereocenters. The van der Waals surface area contributed by atoms with Gasteiger partial charge in [-0.15, -0.1) is 0 Å². The molecule has 1 rings (SSSR count). The van der Waals surface area contributed by atoms with Gasteiger partial charge in [0.05, 0.1) is 0 Å². The maximum absolute atomic E-state index is 3.64. The zero-order valence-electron chi connectivity index (χ0n) is 10.7. The van der Waals surface area contributed by atoms with Gasteiger partial charge in [-0.25, -0.2) is 0 Å². The zero-order valence-corrected chi connectivity index (χ0v) is 10.7. The lowest BCUT2D eigenvalue weighted by molar-refractivity contribution is 0.459. The summed E-state index contributed by atoms with van der Waals surface area (Å²) >= 11 is 0. The first kappa shape index (κ1) is 13.2. The van der Waals surface area contributed by atoms with Crippen molar-refractivity contribution in [3.8, 4) is 0 Å². The van der Waals surface area contributed by atoms with Crippen molar-refractivity contribution in [3.05, 3.63) is 35.9 Å². The van der Waals surface area contributed by atoms with Crippen LogP contribution in [-0.2, 0) is 6.42 Å². The molecule has 0 saturated carbocycles. The fraction of sp³-hybridized carbons (Fsp3) is 0.600. The van der Waals surface area contributed by atoms with Gasteiger partial charge in [-0.1, -0.05) is 50.6 Å². The van der Waals surface area contributed by atoms with E-state index in [-0.39, 0.29) is 0 Å². The fourth-order valence-corrected chi connectivity index (χ4v) is 2.04. The van der Waals surface area contributed by atoms with E-state index in [1.165, 1.54) is 37.7 Å². The highest BCUT2D eigenvalue weighted by Crippen LogP contribution is 2.03. The normalized spacial score (nSPS) is 12.6. The summed E-state index contributed by atoms with van der Waals surface area (Å²) in [6.45, 7) is 5.67. The summed E-state index contributed by atoms with van der Waals surface area (Å²) in [5.41, 5.74) is 1.45. The Kier molecular flexibility index (Phi) is 6.91. The van der Waals surface area contributed by atoms with Crippen LogP contribution in [0, 0.1) is 0 Å². The molecule has 0 saturated heterocycles. The highest BCUT2D eigenvalue weighted by Gasteiger charge is 2.02. The lowest BCUT2D eigenvalue weighted by Gasteiger charge is -2.15. The molecule has 16 heavy (non-hydrogen) atoms. The zero-order chi connectivity index (χ0) is 11.6. The molecule has 0 aliphatic rings. The van der Waals surface area contributed by atoms with E-state index < -0.39 is 0 Å². The van der Waals surface area contributed by atoms with E-state index in [0.717, 1.165) is 12.6 Å². The Bertz CT molecular complexity index is 255. The predicted octanol–water partition coefficient (Wildman–Crippen LogP) is 3.79. The highest BCUT2D eigenvalue weighted by molar-refractivity contribution is 5.14. The third kappa shape index (κ3) is 5.32. The number of hydrogen-bond acceptors (Lipinski definition) is 1. The van der Waals surface area contributed by atoms with Crippen molar-refractivity contribution >= 4 is 0 Å². The first-order valence-electron chi connectivity index (χ1n) is 6.64. The molecule has 1 unspecified atom stereocenters. The molecule has 1 aromatic rings. The minimum absolute atomic E-state index is 0.723. The van der Waals surface area contributed by atoms with E-state index in [4.69, 9.17) is 0 Å². The molecule has 0 aliphatic carbocycles. The third-order valence-corrected chi connectivity index (χ3v) is 3.05. The van der Waals surface area contributed by atoms with Gasteiger partial charge in [0.15, 0.2) is 0 Å². The van der Waals surface area contributed by atoms with Gasteiger partial charge in [-0.3, -0.25) is 0 Å². The summed E-state index contributed by atoms with van der Waals surface area (Å²) in [5, 5.41) is 3.64. The Morgan fingerprint density at radius 3 is 2.50 bits per heavy atom. The van der Waals surface area contributed by atoms with Gasteiger partial charge in [0, 0.05) is 6.04 Å². The molecule has 0 aromatic heterocycles. The second kappa shape index (κ2) is 8.35. The highest BCUT2D eigenvalue weighted by atomic mass is 14.9. The Labute approximate surface area is 100 Å². The summed E-state index contributed by atoms with van der Waals surface area (Å²) in [4.78, 5) is 0. The molecule has 0 bridgehead atoms. The first-order valence-corrected chi connectivity index (χ1v) is 6.64. The van der Waals surface area contributed by atoms with Crippen molar-refractivity contribution in [2.24, 2.45) is 0 Å². The number of nitrogens with one attached hydrogen (secondary N) is 1. The molecular formula is C15H25N.